The fourth-order valence-corrected chi connectivity index (χ4v) is 4.37. The van der Waals surface area contributed by atoms with Crippen LogP contribution in [0.25, 0.3) is 0 Å². The molecule has 1 N–H and O–H groups in total. The summed E-state index contributed by atoms with van der Waals surface area (Å²) in [5.41, 5.74) is 0.348. The van der Waals surface area contributed by atoms with E-state index in [9.17, 15) is 12.8 Å². The molecule has 1 atom stereocenters. The summed E-state index contributed by atoms with van der Waals surface area (Å²) in [6, 6.07) is 7.07. The Balaban J connectivity index is 2.14. The molecule has 0 aliphatic rings. The van der Waals surface area contributed by atoms with Crippen molar-refractivity contribution in [3.8, 4) is 0 Å². The van der Waals surface area contributed by atoms with Crippen molar-refractivity contribution in [2.24, 2.45) is 0 Å². The molecule has 1 heterocycles. The van der Waals surface area contributed by atoms with Crippen molar-refractivity contribution in [1.29, 1.82) is 0 Å². The number of hydrogen-bond acceptors (Lipinski definition) is 4. The number of ether oxygens (including phenoxy) is 1. The van der Waals surface area contributed by atoms with E-state index in [0.717, 1.165) is 10.9 Å². The quantitative estimate of drug-likeness (QED) is 0.854. The normalized spacial score (nSPS) is 13.3. The Morgan fingerprint density at radius 3 is 2.64 bits per heavy atom. The smallest absolute Gasteiger partial charge is 0.240 e. The van der Waals surface area contributed by atoms with Crippen LogP contribution >= 0.6 is 22.9 Å². The van der Waals surface area contributed by atoms with Gasteiger partial charge in [0.1, 0.15) is 11.9 Å². The van der Waals surface area contributed by atoms with Gasteiger partial charge in [0.15, 0.2) is 0 Å². The fraction of sp³-hybridized carbons (Fsp3) is 0.286. The van der Waals surface area contributed by atoms with Crippen LogP contribution in [0.4, 0.5) is 4.39 Å². The van der Waals surface area contributed by atoms with E-state index >= 15 is 0 Å². The number of nitrogens with one attached hydrogen (secondary N) is 1. The van der Waals surface area contributed by atoms with Crippen LogP contribution in [-0.4, -0.2) is 22.1 Å². The van der Waals surface area contributed by atoms with Gasteiger partial charge < -0.3 is 4.74 Å². The molecule has 0 radical (unpaired) electrons. The van der Waals surface area contributed by atoms with E-state index in [1.165, 1.54) is 30.6 Å². The van der Waals surface area contributed by atoms with Crippen molar-refractivity contribution < 1.29 is 17.5 Å². The Bertz CT molecular complexity index is 761. The minimum absolute atomic E-state index is 0.0490. The lowest BCUT2D eigenvalue weighted by molar-refractivity contribution is 0.110. The first-order valence-corrected chi connectivity index (χ1v) is 9.05. The zero-order chi connectivity index (χ0) is 16.3. The molecule has 2 rings (SSSR count). The third kappa shape index (κ3) is 4.05. The summed E-state index contributed by atoms with van der Waals surface area (Å²) in [5.74, 6) is -0.473. The predicted octanol–water partition coefficient (Wildman–Crippen LogP) is 3.52. The molecular weight excluding hydrogens is 349 g/mol. The third-order valence-electron chi connectivity index (χ3n) is 3.08. The first-order chi connectivity index (χ1) is 10.3. The van der Waals surface area contributed by atoms with Crippen LogP contribution in [-0.2, 0) is 14.8 Å². The molecule has 0 bridgehead atoms. The minimum atomic E-state index is -3.74. The average Bonchev–Trinajstić information content (AvgIpc) is 2.85. The predicted molar refractivity (Wildman–Crippen MR) is 85.4 cm³/mol. The van der Waals surface area contributed by atoms with Gasteiger partial charge in [-0.3, -0.25) is 0 Å². The molecule has 1 aromatic heterocycles. The molecule has 0 fully saturated rings. The maximum Gasteiger partial charge on any atom is 0.240 e. The Hall–Kier alpha value is -0.990. The first kappa shape index (κ1) is 17.4. The van der Waals surface area contributed by atoms with Crippen molar-refractivity contribution in [2.45, 2.75) is 17.9 Å². The van der Waals surface area contributed by atoms with Gasteiger partial charge in [0.25, 0.3) is 0 Å². The van der Waals surface area contributed by atoms with E-state index in [2.05, 4.69) is 4.72 Å². The minimum Gasteiger partial charge on any atom is -0.375 e. The van der Waals surface area contributed by atoms with E-state index < -0.39 is 21.9 Å². The van der Waals surface area contributed by atoms with Gasteiger partial charge in [-0.1, -0.05) is 11.6 Å². The number of thiophene rings is 1. The standard InChI is InChI=1S/C14H15ClFNO3S2/c1-9-7-10(16)3-5-13(9)22(18,19)17-8-11(20-2)12-4-6-14(15)21-12/h3-7,11,17H,8H2,1-2H3/t11-/m0/s1. The molecule has 0 spiro atoms. The van der Waals surface area contributed by atoms with Crippen LogP contribution in [0.2, 0.25) is 4.34 Å². The van der Waals surface area contributed by atoms with Gasteiger partial charge in [-0.15, -0.1) is 11.3 Å². The van der Waals surface area contributed by atoms with Gasteiger partial charge >= 0.3 is 0 Å². The molecular formula is C14H15ClFNO3S2. The second kappa shape index (κ2) is 7.06. The molecule has 0 amide bonds. The maximum absolute atomic E-state index is 13.1. The Labute approximate surface area is 137 Å². The van der Waals surface area contributed by atoms with E-state index in [-0.39, 0.29) is 11.4 Å². The van der Waals surface area contributed by atoms with Gasteiger partial charge in [-0.25, -0.2) is 17.5 Å². The molecule has 2 aromatic rings. The average molecular weight is 364 g/mol. The van der Waals surface area contributed by atoms with Gasteiger partial charge in [0.05, 0.1) is 9.23 Å². The summed E-state index contributed by atoms with van der Waals surface area (Å²) < 4.78 is 46.1. The third-order valence-corrected chi connectivity index (χ3v) is 5.99. The summed E-state index contributed by atoms with van der Waals surface area (Å²) in [6.07, 6.45) is -0.437. The van der Waals surface area contributed by atoms with Gasteiger partial charge in [-0.05, 0) is 42.8 Å². The lowest BCUT2D eigenvalue weighted by Crippen LogP contribution is -2.29. The molecule has 22 heavy (non-hydrogen) atoms. The zero-order valence-electron chi connectivity index (χ0n) is 12.0. The largest absolute Gasteiger partial charge is 0.375 e. The number of hydrogen-bond donors (Lipinski definition) is 1. The maximum atomic E-state index is 13.1. The highest BCUT2D eigenvalue weighted by Crippen LogP contribution is 2.28. The molecule has 0 aliphatic heterocycles. The number of benzene rings is 1. The zero-order valence-corrected chi connectivity index (χ0v) is 14.4. The molecule has 120 valence electrons. The van der Waals surface area contributed by atoms with Crippen molar-refractivity contribution in [3.05, 3.63) is 50.9 Å². The van der Waals surface area contributed by atoms with Gasteiger partial charge in [0, 0.05) is 18.5 Å². The number of sulfonamides is 1. The summed E-state index contributed by atoms with van der Waals surface area (Å²) in [6.45, 7) is 1.61. The second-order valence-electron chi connectivity index (χ2n) is 4.63. The van der Waals surface area contributed by atoms with Crippen molar-refractivity contribution in [2.75, 3.05) is 13.7 Å². The van der Waals surface area contributed by atoms with Crippen LogP contribution in [0.5, 0.6) is 0 Å². The Morgan fingerprint density at radius 1 is 1.36 bits per heavy atom. The number of aryl methyl sites for hydroxylation is 1. The fourth-order valence-electron chi connectivity index (χ4n) is 1.98. The molecule has 4 nitrogen and oxygen atoms in total. The van der Waals surface area contributed by atoms with Crippen LogP contribution in [0.1, 0.15) is 16.5 Å². The number of rotatable bonds is 6. The van der Waals surface area contributed by atoms with E-state index in [0.29, 0.717) is 9.90 Å². The van der Waals surface area contributed by atoms with E-state index in [1.807, 2.05) is 0 Å². The van der Waals surface area contributed by atoms with Crippen LogP contribution in [0, 0.1) is 12.7 Å². The number of methoxy groups -OCH3 is 1. The van der Waals surface area contributed by atoms with Crippen LogP contribution < -0.4 is 4.72 Å². The van der Waals surface area contributed by atoms with E-state index in [1.54, 1.807) is 19.1 Å². The summed E-state index contributed by atoms with van der Waals surface area (Å²) in [7, 11) is -2.24. The lowest BCUT2D eigenvalue weighted by Gasteiger charge is -2.15. The Morgan fingerprint density at radius 2 is 2.09 bits per heavy atom. The molecule has 1 aromatic carbocycles. The van der Waals surface area contributed by atoms with Crippen molar-refractivity contribution in [3.63, 3.8) is 0 Å². The van der Waals surface area contributed by atoms with Crippen LogP contribution in [0.15, 0.2) is 35.2 Å². The second-order valence-corrected chi connectivity index (χ2v) is 8.11. The SMILES string of the molecule is CO[C@@H](CNS(=O)(=O)c1ccc(F)cc1C)c1ccc(Cl)s1. The van der Waals surface area contributed by atoms with E-state index in [4.69, 9.17) is 16.3 Å². The van der Waals surface area contributed by atoms with Crippen LogP contribution in [0.3, 0.4) is 0 Å². The van der Waals surface area contributed by atoms with Gasteiger partial charge in [-0.2, -0.15) is 0 Å². The van der Waals surface area contributed by atoms with Gasteiger partial charge in [0.2, 0.25) is 10.0 Å². The number of halogens is 2. The lowest BCUT2D eigenvalue weighted by atomic mass is 10.2. The summed E-state index contributed by atoms with van der Waals surface area (Å²) >= 11 is 7.20. The summed E-state index contributed by atoms with van der Waals surface area (Å²) in [5, 5.41) is 0. The highest BCUT2D eigenvalue weighted by atomic mass is 35.5. The van der Waals surface area contributed by atoms with Crippen molar-refractivity contribution in [1.82, 2.24) is 4.72 Å². The molecule has 8 heteroatoms. The molecule has 0 saturated carbocycles. The topological polar surface area (TPSA) is 55.4 Å². The molecule has 0 unspecified atom stereocenters. The highest BCUT2D eigenvalue weighted by Gasteiger charge is 2.20. The highest BCUT2D eigenvalue weighted by molar-refractivity contribution is 7.89. The molecule has 0 saturated heterocycles. The summed E-state index contributed by atoms with van der Waals surface area (Å²) in [4.78, 5) is 0.874. The Kier molecular flexibility index (Phi) is 5.57. The molecule has 0 aliphatic carbocycles. The monoisotopic (exact) mass is 363 g/mol. The van der Waals surface area contributed by atoms with Crippen molar-refractivity contribution >= 4 is 33.0 Å². The first-order valence-electron chi connectivity index (χ1n) is 6.37.